The van der Waals surface area contributed by atoms with E-state index in [-0.39, 0.29) is 6.54 Å². The van der Waals surface area contributed by atoms with Crippen LogP contribution in [-0.4, -0.2) is 18.4 Å². The highest BCUT2D eigenvalue weighted by Gasteiger charge is 2.14. The second-order valence-corrected chi connectivity index (χ2v) is 5.99. The Labute approximate surface area is 106 Å². The third kappa shape index (κ3) is 2.96. The fourth-order valence-corrected chi connectivity index (χ4v) is 2.92. The van der Waals surface area contributed by atoms with E-state index >= 15 is 0 Å². The van der Waals surface area contributed by atoms with Crippen LogP contribution in [0.3, 0.4) is 0 Å². The topological polar surface area (TPSA) is 74.8 Å². The van der Waals surface area contributed by atoms with Gasteiger partial charge < -0.3 is 4.98 Å². The van der Waals surface area contributed by atoms with Crippen LogP contribution < -0.4 is 4.72 Å². The number of hydrogen-bond donors (Lipinski definition) is 2. The number of imidazole rings is 1. The van der Waals surface area contributed by atoms with E-state index in [1.807, 2.05) is 19.9 Å². The summed E-state index contributed by atoms with van der Waals surface area (Å²) in [4.78, 5) is 6.97. The van der Waals surface area contributed by atoms with Crippen LogP contribution in [0.2, 0.25) is 0 Å². The van der Waals surface area contributed by atoms with Gasteiger partial charge in [-0.3, -0.25) is 0 Å². The molecule has 0 unspecified atom stereocenters. The van der Waals surface area contributed by atoms with E-state index in [2.05, 4.69) is 14.7 Å². The number of nitrogens with one attached hydrogen (secondary N) is 2. The molecule has 96 valence electrons. The molecular weight excluding hydrogens is 250 g/mol. The summed E-state index contributed by atoms with van der Waals surface area (Å²) in [6.45, 7) is 3.96. The second kappa shape index (κ2) is 4.91. The first kappa shape index (κ1) is 12.8. The minimum absolute atomic E-state index is 0.204. The maximum Gasteiger partial charge on any atom is 0.240 e. The van der Waals surface area contributed by atoms with Crippen molar-refractivity contribution in [3.05, 3.63) is 47.5 Å². The Morgan fingerprint density at radius 2 is 1.89 bits per heavy atom. The largest absolute Gasteiger partial charge is 0.347 e. The summed E-state index contributed by atoms with van der Waals surface area (Å²) in [6.07, 6.45) is 3.10. The fourth-order valence-electron chi connectivity index (χ4n) is 1.73. The standard InChI is InChI=1S/C12H15N3O2S/c1-9-3-10(2)5-12(4-9)18(16,17)15-7-11-6-13-8-14-11/h3-6,8,15H,7H2,1-2H3,(H,13,14). The summed E-state index contributed by atoms with van der Waals surface area (Å²) in [6, 6.07) is 5.25. The number of nitrogens with zero attached hydrogens (tertiary/aromatic N) is 1. The normalized spacial score (nSPS) is 11.7. The number of sulfonamides is 1. The Bertz CT molecular complexity index is 613. The molecule has 0 atom stereocenters. The average Bonchev–Trinajstić information content (AvgIpc) is 2.78. The van der Waals surface area contributed by atoms with Crippen LogP contribution in [0.1, 0.15) is 16.8 Å². The number of rotatable bonds is 4. The van der Waals surface area contributed by atoms with Gasteiger partial charge in [-0.05, 0) is 37.1 Å². The van der Waals surface area contributed by atoms with Crippen LogP contribution in [0.15, 0.2) is 35.6 Å². The van der Waals surface area contributed by atoms with Gasteiger partial charge in [0.05, 0.1) is 17.8 Å². The number of benzene rings is 1. The summed E-state index contributed by atoms with van der Waals surface area (Å²) in [5.74, 6) is 0. The van der Waals surface area contributed by atoms with Crippen molar-refractivity contribution >= 4 is 10.0 Å². The van der Waals surface area contributed by atoms with E-state index < -0.39 is 10.0 Å². The molecule has 1 aromatic carbocycles. The molecule has 0 radical (unpaired) electrons. The lowest BCUT2D eigenvalue weighted by Gasteiger charge is -2.07. The molecule has 6 heteroatoms. The number of aromatic amines is 1. The van der Waals surface area contributed by atoms with E-state index in [4.69, 9.17) is 0 Å². The first-order valence-corrected chi connectivity index (χ1v) is 7.01. The fraction of sp³-hybridized carbons (Fsp3) is 0.250. The van der Waals surface area contributed by atoms with Crippen LogP contribution in [0, 0.1) is 13.8 Å². The summed E-state index contributed by atoms with van der Waals surface area (Å²) in [5, 5.41) is 0. The zero-order valence-corrected chi connectivity index (χ0v) is 11.1. The zero-order chi connectivity index (χ0) is 13.2. The Morgan fingerprint density at radius 1 is 1.22 bits per heavy atom. The Hall–Kier alpha value is -1.66. The van der Waals surface area contributed by atoms with Gasteiger partial charge in [0.15, 0.2) is 0 Å². The Morgan fingerprint density at radius 3 is 2.44 bits per heavy atom. The number of aromatic nitrogens is 2. The minimum Gasteiger partial charge on any atom is -0.347 e. The molecule has 0 spiro atoms. The molecule has 0 bridgehead atoms. The lowest BCUT2D eigenvalue weighted by molar-refractivity contribution is 0.580. The van der Waals surface area contributed by atoms with Crippen molar-refractivity contribution in [1.82, 2.24) is 14.7 Å². The molecule has 5 nitrogen and oxygen atoms in total. The minimum atomic E-state index is -3.48. The van der Waals surface area contributed by atoms with Crippen molar-refractivity contribution in [3.63, 3.8) is 0 Å². The molecule has 2 N–H and O–H groups in total. The summed E-state index contributed by atoms with van der Waals surface area (Å²) < 4.78 is 26.7. The van der Waals surface area contributed by atoms with Crippen molar-refractivity contribution in [2.45, 2.75) is 25.3 Å². The summed E-state index contributed by atoms with van der Waals surface area (Å²) in [7, 11) is -3.48. The van der Waals surface area contributed by atoms with E-state index in [9.17, 15) is 8.42 Å². The third-order valence-corrected chi connectivity index (χ3v) is 3.89. The van der Waals surface area contributed by atoms with Crippen LogP contribution in [0.25, 0.3) is 0 Å². The van der Waals surface area contributed by atoms with Crippen LogP contribution >= 0.6 is 0 Å². The van der Waals surface area contributed by atoms with Crippen LogP contribution in [0.5, 0.6) is 0 Å². The van der Waals surface area contributed by atoms with Crippen LogP contribution in [0.4, 0.5) is 0 Å². The Balaban J connectivity index is 2.20. The molecule has 18 heavy (non-hydrogen) atoms. The molecule has 0 amide bonds. The van der Waals surface area contributed by atoms with Gasteiger partial charge in [0, 0.05) is 11.9 Å². The lowest BCUT2D eigenvalue weighted by Crippen LogP contribution is -2.23. The number of hydrogen-bond acceptors (Lipinski definition) is 3. The molecule has 0 aliphatic rings. The zero-order valence-electron chi connectivity index (χ0n) is 10.3. The maximum atomic E-state index is 12.1. The highest BCUT2D eigenvalue weighted by atomic mass is 32.2. The summed E-state index contributed by atoms with van der Waals surface area (Å²) in [5.41, 5.74) is 2.58. The first-order chi connectivity index (χ1) is 8.47. The van der Waals surface area contributed by atoms with Gasteiger partial charge in [0.25, 0.3) is 0 Å². The molecule has 2 aromatic rings. The van der Waals surface area contributed by atoms with E-state index in [0.717, 1.165) is 16.8 Å². The number of H-pyrrole nitrogens is 1. The maximum absolute atomic E-state index is 12.1. The van der Waals surface area contributed by atoms with Gasteiger partial charge in [0.2, 0.25) is 10.0 Å². The monoisotopic (exact) mass is 265 g/mol. The summed E-state index contributed by atoms with van der Waals surface area (Å²) >= 11 is 0. The van der Waals surface area contributed by atoms with Crippen molar-refractivity contribution in [2.75, 3.05) is 0 Å². The smallest absolute Gasteiger partial charge is 0.240 e. The van der Waals surface area contributed by atoms with Gasteiger partial charge >= 0.3 is 0 Å². The van der Waals surface area contributed by atoms with Crippen molar-refractivity contribution < 1.29 is 8.42 Å². The molecule has 0 aliphatic heterocycles. The van der Waals surface area contributed by atoms with Crippen LogP contribution in [-0.2, 0) is 16.6 Å². The lowest BCUT2D eigenvalue weighted by atomic mass is 10.2. The Kier molecular flexibility index (Phi) is 3.49. The SMILES string of the molecule is Cc1cc(C)cc(S(=O)(=O)NCc2cnc[nH]2)c1. The van der Waals surface area contributed by atoms with E-state index in [1.54, 1.807) is 18.3 Å². The molecule has 0 saturated carbocycles. The second-order valence-electron chi connectivity index (χ2n) is 4.22. The van der Waals surface area contributed by atoms with Crippen molar-refractivity contribution in [3.8, 4) is 0 Å². The molecule has 0 fully saturated rings. The molecule has 0 aliphatic carbocycles. The van der Waals surface area contributed by atoms with E-state index in [0.29, 0.717) is 4.90 Å². The van der Waals surface area contributed by atoms with Gasteiger partial charge in [-0.2, -0.15) is 0 Å². The molecule has 2 rings (SSSR count). The van der Waals surface area contributed by atoms with Gasteiger partial charge in [-0.25, -0.2) is 18.1 Å². The first-order valence-electron chi connectivity index (χ1n) is 5.52. The van der Waals surface area contributed by atoms with E-state index in [1.165, 1.54) is 6.33 Å². The quantitative estimate of drug-likeness (QED) is 0.879. The van der Waals surface area contributed by atoms with Gasteiger partial charge in [-0.1, -0.05) is 6.07 Å². The molecule has 0 saturated heterocycles. The highest BCUT2D eigenvalue weighted by molar-refractivity contribution is 7.89. The predicted molar refractivity (Wildman–Crippen MR) is 68.5 cm³/mol. The molecule has 1 aromatic heterocycles. The molecule has 1 heterocycles. The highest BCUT2D eigenvalue weighted by Crippen LogP contribution is 2.14. The van der Waals surface area contributed by atoms with Gasteiger partial charge in [0.1, 0.15) is 0 Å². The third-order valence-electron chi connectivity index (χ3n) is 2.51. The van der Waals surface area contributed by atoms with Crippen molar-refractivity contribution in [1.29, 1.82) is 0 Å². The van der Waals surface area contributed by atoms with Gasteiger partial charge in [-0.15, -0.1) is 0 Å². The number of aryl methyl sites for hydroxylation is 2. The molecular formula is C12H15N3O2S. The average molecular weight is 265 g/mol. The van der Waals surface area contributed by atoms with Crippen molar-refractivity contribution in [2.24, 2.45) is 0 Å². The predicted octanol–water partition coefficient (Wildman–Crippen LogP) is 1.51.